The first-order valence-electron chi connectivity index (χ1n) is 4.58. The molecular formula is C10H12BrN3. The van der Waals surface area contributed by atoms with Gasteiger partial charge >= 0.3 is 0 Å². The molecule has 1 N–H and O–H groups in total. The molecule has 0 saturated heterocycles. The Balaban J connectivity index is 2.42. The number of rotatable bonds is 3. The highest BCUT2D eigenvalue weighted by Crippen LogP contribution is 2.18. The molecule has 0 aliphatic carbocycles. The van der Waals surface area contributed by atoms with Crippen molar-refractivity contribution in [3.8, 4) is 0 Å². The van der Waals surface area contributed by atoms with E-state index in [2.05, 4.69) is 30.6 Å². The lowest BCUT2D eigenvalue weighted by Gasteiger charge is -2.01. The van der Waals surface area contributed by atoms with E-state index in [1.54, 1.807) is 0 Å². The molecule has 0 aliphatic heterocycles. The van der Waals surface area contributed by atoms with Gasteiger partial charge in [-0.2, -0.15) is 0 Å². The Labute approximate surface area is 91.3 Å². The Bertz CT molecular complexity index is 436. The lowest BCUT2D eigenvalue weighted by Crippen LogP contribution is -2.12. The molecule has 0 aromatic carbocycles. The summed E-state index contributed by atoms with van der Waals surface area (Å²) in [6.45, 7) is 0.950. The molecule has 3 nitrogen and oxygen atoms in total. The summed E-state index contributed by atoms with van der Waals surface area (Å²) in [7, 11) is 1.95. The zero-order chi connectivity index (χ0) is 9.97. The quantitative estimate of drug-likeness (QED) is 0.905. The van der Waals surface area contributed by atoms with Crippen LogP contribution in [0.4, 0.5) is 0 Å². The number of nitrogens with one attached hydrogen (secondary N) is 1. The lowest BCUT2D eigenvalue weighted by atomic mass is 10.4. The minimum atomic E-state index is 0.946. The maximum absolute atomic E-state index is 4.39. The molecule has 0 saturated carbocycles. The van der Waals surface area contributed by atoms with Crippen LogP contribution < -0.4 is 5.32 Å². The van der Waals surface area contributed by atoms with Crippen LogP contribution in [0.2, 0.25) is 0 Å². The Morgan fingerprint density at radius 1 is 1.57 bits per heavy atom. The maximum Gasteiger partial charge on any atom is 0.114 e. The molecule has 2 rings (SSSR count). The molecule has 0 amide bonds. The summed E-state index contributed by atoms with van der Waals surface area (Å²) in [6.07, 6.45) is 4.88. The molecule has 14 heavy (non-hydrogen) atoms. The summed E-state index contributed by atoms with van der Waals surface area (Å²) in [5.74, 6) is 1.09. The number of nitrogens with zero attached hydrogens (tertiary/aromatic N) is 2. The molecule has 0 atom stereocenters. The van der Waals surface area contributed by atoms with E-state index >= 15 is 0 Å². The largest absolute Gasteiger partial charge is 0.319 e. The van der Waals surface area contributed by atoms with Crippen molar-refractivity contribution in [2.24, 2.45) is 0 Å². The predicted molar refractivity (Wildman–Crippen MR) is 60.5 cm³/mol. The number of hydrogen-bond acceptors (Lipinski definition) is 2. The van der Waals surface area contributed by atoms with Crippen LogP contribution in [-0.4, -0.2) is 23.0 Å². The highest BCUT2D eigenvalue weighted by molar-refractivity contribution is 9.10. The van der Waals surface area contributed by atoms with E-state index in [1.165, 1.54) is 0 Å². The topological polar surface area (TPSA) is 29.3 Å². The summed E-state index contributed by atoms with van der Waals surface area (Å²) in [6, 6.07) is 4.04. The van der Waals surface area contributed by atoms with Gasteiger partial charge in [-0.15, -0.1) is 0 Å². The molecule has 0 fully saturated rings. The average molecular weight is 254 g/mol. The SMILES string of the molecule is CNCCc1ncc2c(Br)cccn12. The molecule has 74 valence electrons. The molecule has 0 unspecified atom stereocenters. The standard InChI is InChI=1S/C10H12BrN3/c1-12-5-4-10-13-7-9-8(11)3-2-6-14(9)10/h2-3,6-7,12H,4-5H2,1H3. The van der Waals surface area contributed by atoms with Crippen LogP contribution >= 0.6 is 15.9 Å². The van der Waals surface area contributed by atoms with E-state index in [0.717, 1.165) is 28.8 Å². The number of pyridine rings is 1. The predicted octanol–water partition coefficient (Wildman–Crippen LogP) is 1.86. The van der Waals surface area contributed by atoms with Gasteiger partial charge in [0.2, 0.25) is 0 Å². The highest BCUT2D eigenvalue weighted by Gasteiger charge is 2.04. The van der Waals surface area contributed by atoms with Crippen LogP contribution in [0.5, 0.6) is 0 Å². The van der Waals surface area contributed by atoms with E-state index in [0.29, 0.717) is 0 Å². The summed E-state index contributed by atoms with van der Waals surface area (Å²) in [5, 5.41) is 3.12. The summed E-state index contributed by atoms with van der Waals surface area (Å²) >= 11 is 3.50. The highest BCUT2D eigenvalue weighted by atomic mass is 79.9. The van der Waals surface area contributed by atoms with Crippen LogP contribution in [0.15, 0.2) is 29.0 Å². The fourth-order valence-corrected chi connectivity index (χ4v) is 1.91. The molecule has 0 bridgehead atoms. The van der Waals surface area contributed by atoms with Gasteiger partial charge in [0, 0.05) is 23.6 Å². The lowest BCUT2D eigenvalue weighted by molar-refractivity contribution is 0.753. The Kier molecular flexibility index (Phi) is 2.84. The second kappa shape index (κ2) is 4.11. The van der Waals surface area contributed by atoms with Crippen molar-refractivity contribution in [3.05, 3.63) is 34.8 Å². The number of halogens is 1. The van der Waals surface area contributed by atoms with E-state index < -0.39 is 0 Å². The first kappa shape index (κ1) is 9.68. The van der Waals surface area contributed by atoms with Crippen LogP contribution in [0.25, 0.3) is 5.52 Å². The van der Waals surface area contributed by atoms with E-state index in [1.807, 2.05) is 31.6 Å². The van der Waals surface area contributed by atoms with Gasteiger partial charge in [0.25, 0.3) is 0 Å². The molecule has 0 spiro atoms. The van der Waals surface area contributed by atoms with Gasteiger partial charge in [-0.25, -0.2) is 4.98 Å². The second-order valence-electron chi connectivity index (χ2n) is 3.14. The maximum atomic E-state index is 4.39. The third kappa shape index (κ3) is 1.67. The summed E-state index contributed by atoms with van der Waals surface area (Å²) < 4.78 is 3.20. The minimum absolute atomic E-state index is 0.946. The first-order valence-corrected chi connectivity index (χ1v) is 5.37. The van der Waals surface area contributed by atoms with Gasteiger partial charge in [0.05, 0.1) is 11.7 Å². The fourth-order valence-electron chi connectivity index (χ4n) is 1.46. The van der Waals surface area contributed by atoms with Crippen molar-refractivity contribution in [1.82, 2.24) is 14.7 Å². The van der Waals surface area contributed by atoms with Crippen molar-refractivity contribution in [3.63, 3.8) is 0 Å². The number of aromatic nitrogens is 2. The summed E-state index contributed by atoms with van der Waals surface area (Å²) in [5.41, 5.74) is 1.12. The Morgan fingerprint density at radius 3 is 3.21 bits per heavy atom. The number of fused-ring (bicyclic) bond motifs is 1. The van der Waals surface area contributed by atoms with Gasteiger partial charge in [0.1, 0.15) is 5.82 Å². The van der Waals surface area contributed by atoms with E-state index in [-0.39, 0.29) is 0 Å². The Hall–Kier alpha value is -0.870. The first-order chi connectivity index (χ1) is 6.83. The summed E-state index contributed by atoms with van der Waals surface area (Å²) in [4.78, 5) is 4.39. The monoisotopic (exact) mass is 253 g/mol. The van der Waals surface area contributed by atoms with Crippen molar-refractivity contribution in [2.45, 2.75) is 6.42 Å². The normalized spacial score (nSPS) is 11.0. The van der Waals surface area contributed by atoms with Gasteiger partial charge in [-0.3, -0.25) is 0 Å². The van der Waals surface area contributed by atoms with Crippen molar-refractivity contribution >= 4 is 21.4 Å². The van der Waals surface area contributed by atoms with Gasteiger partial charge in [-0.1, -0.05) is 0 Å². The average Bonchev–Trinajstić information content (AvgIpc) is 2.60. The molecular weight excluding hydrogens is 242 g/mol. The van der Waals surface area contributed by atoms with Crippen LogP contribution in [-0.2, 0) is 6.42 Å². The molecule has 0 radical (unpaired) electrons. The molecule has 2 heterocycles. The molecule has 4 heteroatoms. The number of likely N-dealkylation sites (N-methyl/N-ethyl adjacent to an activating group) is 1. The third-order valence-corrected chi connectivity index (χ3v) is 2.87. The minimum Gasteiger partial charge on any atom is -0.319 e. The second-order valence-corrected chi connectivity index (χ2v) is 3.99. The zero-order valence-corrected chi connectivity index (χ0v) is 9.58. The van der Waals surface area contributed by atoms with E-state index in [9.17, 15) is 0 Å². The van der Waals surface area contributed by atoms with Crippen molar-refractivity contribution < 1.29 is 0 Å². The van der Waals surface area contributed by atoms with Gasteiger partial charge in [-0.05, 0) is 35.1 Å². The molecule has 2 aromatic rings. The molecule has 2 aromatic heterocycles. The third-order valence-electron chi connectivity index (χ3n) is 2.19. The molecule has 0 aliphatic rings. The van der Waals surface area contributed by atoms with E-state index in [4.69, 9.17) is 0 Å². The van der Waals surface area contributed by atoms with Crippen LogP contribution in [0, 0.1) is 0 Å². The fraction of sp³-hybridized carbons (Fsp3) is 0.300. The van der Waals surface area contributed by atoms with Crippen molar-refractivity contribution in [1.29, 1.82) is 0 Å². The van der Waals surface area contributed by atoms with Gasteiger partial charge in [0.15, 0.2) is 0 Å². The van der Waals surface area contributed by atoms with Crippen LogP contribution in [0.3, 0.4) is 0 Å². The van der Waals surface area contributed by atoms with Gasteiger partial charge < -0.3 is 9.72 Å². The number of hydrogen-bond donors (Lipinski definition) is 1. The number of imidazole rings is 1. The van der Waals surface area contributed by atoms with Crippen LogP contribution in [0.1, 0.15) is 5.82 Å². The Morgan fingerprint density at radius 2 is 2.43 bits per heavy atom. The zero-order valence-electron chi connectivity index (χ0n) is 8.00. The smallest absolute Gasteiger partial charge is 0.114 e. The van der Waals surface area contributed by atoms with Crippen molar-refractivity contribution in [2.75, 3.05) is 13.6 Å².